The highest BCUT2D eigenvalue weighted by Gasteiger charge is 2.15. The maximum Gasteiger partial charge on any atom is 0.274 e. The molecule has 8 heteroatoms. The third-order valence-corrected chi connectivity index (χ3v) is 4.80. The van der Waals surface area contributed by atoms with Crippen molar-refractivity contribution in [3.05, 3.63) is 65.4 Å². The quantitative estimate of drug-likeness (QED) is 0.526. The molecule has 1 aromatic carbocycles. The summed E-state index contributed by atoms with van der Waals surface area (Å²) in [5, 5.41) is 6.93. The minimum atomic E-state index is -0.262. The zero-order valence-corrected chi connectivity index (χ0v) is 17.0. The average Bonchev–Trinajstić information content (AvgIpc) is 3.34. The number of nitrogens with one attached hydrogen (secondary N) is 1. The van der Waals surface area contributed by atoms with Gasteiger partial charge in [0.15, 0.2) is 0 Å². The number of anilines is 1. The van der Waals surface area contributed by atoms with Gasteiger partial charge in [-0.2, -0.15) is 4.98 Å². The van der Waals surface area contributed by atoms with Crippen molar-refractivity contribution in [1.82, 2.24) is 19.5 Å². The average molecular weight is 403 g/mol. The van der Waals surface area contributed by atoms with Crippen LogP contribution >= 0.6 is 0 Å². The molecule has 30 heavy (non-hydrogen) atoms. The van der Waals surface area contributed by atoms with Gasteiger partial charge in [0.1, 0.15) is 17.1 Å². The molecule has 1 N–H and O–H groups in total. The SMILES string of the molecule is CC(=O)CCc1nc(-c2ccc(C)c(NC(=O)c3cnc4cc(C)ccn34)c2)no1. The van der Waals surface area contributed by atoms with Crippen LogP contribution in [0.1, 0.15) is 40.9 Å². The van der Waals surface area contributed by atoms with Crippen molar-refractivity contribution >= 4 is 23.0 Å². The number of rotatable bonds is 6. The van der Waals surface area contributed by atoms with E-state index in [-0.39, 0.29) is 11.7 Å². The first-order valence-electron chi connectivity index (χ1n) is 9.59. The molecule has 152 valence electrons. The number of carbonyl (C=O) groups excluding carboxylic acids is 2. The number of nitrogens with zero attached hydrogens (tertiary/aromatic N) is 4. The molecule has 0 spiro atoms. The summed E-state index contributed by atoms with van der Waals surface area (Å²) in [5.41, 5.74) is 4.50. The van der Waals surface area contributed by atoms with Crippen LogP contribution < -0.4 is 5.32 Å². The Morgan fingerprint density at radius 3 is 2.80 bits per heavy atom. The monoisotopic (exact) mass is 403 g/mol. The Labute approximate surface area is 172 Å². The maximum absolute atomic E-state index is 12.9. The summed E-state index contributed by atoms with van der Waals surface area (Å²) in [7, 11) is 0. The van der Waals surface area contributed by atoms with E-state index in [2.05, 4.69) is 20.4 Å². The van der Waals surface area contributed by atoms with Crippen molar-refractivity contribution in [2.75, 3.05) is 5.32 Å². The number of fused-ring (bicyclic) bond motifs is 1. The molecule has 3 heterocycles. The summed E-state index contributed by atoms with van der Waals surface area (Å²) in [6.45, 7) is 5.41. The predicted octanol–water partition coefficient (Wildman–Crippen LogP) is 3.78. The summed E-state index contributed by atoms with van der Waals surface area (Å²) >= 11 is 0. The lowest BCUT2D eigenvalue weighted by atomic mass is 10.1. The van der Waals surface area contributed by atoms with E-state index < -0.39 is 0 Å². The molecular weight excluding hydrogens is 382 g/mol. The van der Waals surface area contributed by atoms with Crippen LogP contribution in [0.3, 0.4) is 0 Å². The summed E-state index contributed by atoms with van der Waals surface area (Å²) < 4.78 is 6.98. The molecule has 3 aromatic heterocycles. The van der Waals surface area contributed by atoms with Gasteiger partial charge in [-0.15, -0.1) is 0 Å². The van der Waals surface area contributed by atoms with Gasteiger partial charge in [0.2, 0.25) is 11.7 Å². The number of imidazole rings is 1. The number of hydrogen-bond acceptors (Lipinski definition) is 6. The van der Waals surface area contributed by atoms with Crippen molar-refractivity contribution in [2.24, 2.45) is 0 Å². The van der Waals surface area contributed by atoms with Crippen LogP contribution in [0.2, 0.25) is 0 Å². The molecule has 0 saturated heterocycles. The number of benzene rings is 1. The molecular formula is C22H21N5O3. The van der Waals surface area contributed by atoms with Crippen molar-refractivity contribution in [3.63, 3.8) is 0 Å². The molecule has 4 aromatic rings. The van der Waals surface area contributed by atoms with Gasteiger partial charge in [-0.25, -0.2) is 4.98 Å². The highest BCUT2D eigenvalue weighted by atomic mass is 16.5. The molecule has 0 bridgehead atoms. The zero-order valence-electron chi connectivity index (χ0n) is 17.0. The van der Waals surface area contributed by atoms with E-state index in [1.54, 1.807) is 16.7 Å². The van der Waals surface area contributed by atoms with Gasteiger partial charge >= 0.3 is 0 Å². The Hall–Kier alpha value is -3.81. The highest BCUT2D eigenvalue weighted by Crippen LogP contribution is 2.24. The second-order valence-electron chi connectivity index (χ2n) is 7.27. The van der Waals surface area contributed by atoms with Gasteiger partial charge in [0.25, 0.3) is 5.91 Å². The smallest absolute Gasteiger partial charge is 0.274 e. The van der Waals surface area contributed by atoms with Gasteiger partial charge in [-0.05, 0) is 50.1 Å². The van der Waals surface area contributed by atoms with Crippen LogP contribution in [-0.2, 0) is 11.2 Å². The molecule has 0 aliphatic carbocycles. The fourth-order valence-electron chi connectivity index (χ4n) is 3.09. The number of pyridine rings is 1. The Bertz CT molecular complexity index is 1250. The Morgan fingerprint density at radius 1 is 1.17 bits per heavy atom. The lowest BCUT2D eigenvalue weighted by molar-refractivity contribution is -0.117. The molecule has 0 aliphatic rings. The molecule has 0 atom stereocenters. The summed E-state index contributed by atoms with van der Waals surface area (Å²) in [5.74, 6) is 0.626. The molecule has 0 fully saturated rings. The lowest BCUT2D eigenvalue weighted by Crippen LogP contribution is -2.15. The second kappa shape index (κ2) is 7.90. The maximum atomic E-state index is 12.9. The normalized spacial score (nSPS) is 11.0. The Balaban J connectivity index is 1.57. The first kappa shape index (κ1) is 19.5. The summed E-state index contributed by atoms with van der Waals surface area (Å²) in [4.78, 5) is 32.7. The number of aryl methyl sites for hydroxylation is 3. The fraction of sp³-hybridized carbons (Fsp3) is 0.227. The molecule has 0 saturated carbocycles. The van der Waals surface area contributed by atoms with Crippen molar-refractivity contribution in [3.8, 4) is 11.4 Å². The van der Waals surface area contributed by atoms with Crippen LogP contribution in [0.5, 0.6) is 0 Å². The third-order valence-electron chi connectivity index (χ3n) is 4.80. The minimum absolute atomic E-state index is 0.0673. The number of Topliss-reactive ketones (excluding diaryl/α,β-unsaturated/α-hetero) is 1. The molecule has 8 nitrogen and oxygen atoms in total. The van der Waals surface area contributed by atoms with Crippen LogP contribution in [0.25, 0.3) is 17.0 Å². The van der Waals surface area contributed by atoms with Gasteiger partial charge < -0.3 is 14.6 Å². The van der Waals surface area contributed by atoms with E-state index in [0.717, 1.165) is 16.8 Å². The number of amides is 1. The van der Waals surface area contributed by atoms with Gasteiger partial charge in [-0.1, -0.05) is 17.3 Å². The largest absolute Gasteiger partial charge is 0.339 e. The van der Waals surface area contributed by atoms with E-state index >= 15 is 0 Å². The number of aromatic nitrogens is 4. The zero-order chi connectivity index (χ0) is 21.3. The highest BCUT2D eigenvalue weighted by molar-refractivity contribution is 6.04. The van der Waals surface area contributed by atoms with Crippen molar-refractivity contribution in [1.29, 1.82) is 0 Å². The van der Waals surface area contributed by atoms with Gasteiger partial charge in [0, 0.05) is 30.3 Å². The van der Waals surface area contributed by atoms with Crippen LogP contribution in [-0.4, -0.2) is 31.2 Å². The molecule has 0 unspecified atom stereocenters. The third kappa shape index (κ3) is 3.98. The van der Waals surface area contributed by atoms with E-state index in [1.807, 2.05) is 44.3 Å². The lowest BCUT2D eigenvalue weighted by Gasteiger charge is -2.09. The van der Waals surface area contributed by atoms with Gasteiger partial charge in [0.05, 0.1) is 6.20 Å². The predicted molar refractivity (Wildman–Crippen MR) is 111 cm³/mol. The summed E-state index contributed by atoms with van der Waals surface area (Å²) in [6, 6.07) is 9.40. The van der Waals surface area contributed by atoms with E-state index in [1.165, 1.54) is 6.92 Å². The van der Waals surface area contributed by atoms with E-state index in [0.29, 0.717) is 41.5 Å². The standard InChI is InChI=1S/C22H21N5O3/c1-13-8-9-27-18(12-23-19(27)10-13)22(29)24-17-11-16(6-4-14(17)2)21-25-20(30-26-21)7-5-15(3)28/h4,6,8-12H,5,7H2,1-3H3,(H,24,29). The molecule has 4 rings (SSSR count). The van der Waals surface area contributed by atoms with Crippen molar-refractivity contribution in [2.45, 2.75) is 33.6 Å². The topological polar surface area (TPSA) is 102 Å². The van der Waals surface area contributed by atoms with Crippen molar-refractivity contribution < 1.29 is 14.1 Å². The van der Waals surface area contributed by atoms with E-state index in [4.69, 9.17) is 4.52 Å². The van der Waals surface area contributed by atoms with Gasteiger partial charge in [-0.3, -0.25) is 9.20 Å². The van der Waals surface area contributed by atoms with Crippen LogP contribution in [0.4, 0.5) is 5.69 Å². The number of carbonyl (C=O) groups is 2. The number of hydrogen-bond donors (Lipinski definition) is 1. The number of ketones is 1. The first-order valence-corrected chi connectivity index (χ1v) is 9.59. The second-order valence-corrected chi connectivity index (χ2v) is 7.27. The molecule has 0 aliphatic heterocycles. The minimum Gasteiger partial charge on any atom is -0.339 e. The first-order chi connectivity index (χ1) is 14.4. The van der Waals surface area contributed by atoms with E-state index in [9.17, 15) is 9.59 Å². The van der Waals surface area contributed by atoms with Crippen LogP contribution in [0, 0.1) is 13.8 Å². The Morgan fingerprint density at radius 2 is 2.00 bits per heavy atom. The summed E-state index contributed by atoms with van der Waals surface area (Å²) in [6.07, 6.45) is 4.16. The molecule has 1 amide bonds. The molecule has 0 radical (unpaired) electrons. The van der Waals surface area contributed by atoms with Crippen LogP contribution in [0.15, 0.2) is 47.2 Å². The fourth-order valence-corrected chi connectivity index (χ4v) is 3.09. The Kier molecular flexibility index (Phi) is 5.14.